The van der Waals surface area contributed by atoms with Gasteiger partial charge in [-0.05, 0) is 68.7 Å². The molecule has 0 unspecified atom stereocenters. The average molecular weight is 445 g/mol. The summed E-state index contributed by atoms with van der Waals surface area (Å²) in [6.07, 6.45) is 5.22. The molecule has 31 heavy (non-hydrogen) atoms. The Morgan fingerprint density at radius 3 is 2.74 bits per heavy atom. The number of hydrogen-bond acceptors (Lipinski definition) is 4. The first kappa shape index (κ1) is 22.5. The molecule has 2 aliphatic rings. The summed E-state index contributed by atoms with van der Waals surface area (Å²) in [5.74, 6) is 0.356. The number of nitrogens with one attached hydrogen (secondary N) is 2. The van der Waals surface area contributed by atoms with Crippen molar-refractivity contribution < 1.29 is 9.90 Å². The molecule has 0 bridgehead atoms. The molecule has 0 spiro atoms. The third kappa shape index (κ3) is 4.08. The summed E-state index contributed by atoms with van der Waals surface area (Å²) in [6.45, 7) is 9.72. The van der Waals surface area contributed by atoms with E-state index in [1.54, 1.807) is 11.8 Å². The second-order valence-corrected chi connectivity index (χ2v) is 9.65. The van der Waals surface area contributed by atoms with Gasteiger partial charge in [0.2, 0.25) is 0 Å². The van der Waals surface area contributed by atoms with Crippen molar-refractivity contribution in [2.24, 2.45) is 0 Å². The smallest absolute Gasteiger partial charge is 0.317 e. The number of piperidine rings is 1. The van der Waals surface area contributed by atoms with Gasteiger partial charge in [-0.2, -0.15) is 0 Å². The molecular weight excluding hydrogens is 408 g/mol. The van der Waals surface area contributed by atoms with Crippen LogP contribution in [0, 0.1) is 0 Å². The number of carbonyl (C=O) groups is 1. The minimum absolute atomic E-state index is 0.0435. The van der Waals surface area contributed by atoms with Crippen molar-refractivity contribution in [2.75, 3.05) is 32.4 Å². The van der Waals surface area contributed by atoms with Crippen molar-refractivity contribution in [1.82, 2.24) is 20.1 Å². The predicted molar refractivity (Wildman–Crippen MR) is 128 cm³/mol. The third-order valence-electron chi connectivity index (χ3n) is 7.07. The molecule has 1 fully saturated rings. The van der Waals surface area contributed by atoms with Crippen LogP contribution in [0.1, 0.15) is 56.2 Å². The molecule has 1 aromatic carbocycles. The number of aromatic amines is 1. The van der Waals surface area contributed by atoms with Crippen molar-refractivity contribution in [1.29, 1.82) is 0 Å². The molecule has 1 aliphatic carbocycles. The number of urea groups is 1. The van der Waals surface area contributed by atoms with Crippen LogP contribution in [0.5, 0.6) is 0 Å². The molecule has 1 aliphatic heterocycles. The van der Waals surface area contributed by atoms with Gasteiger partial charge in [-0.3, -0.25) is 4.90 Å². The molecule has 1 aromatic heterocycles. The van der Waals surface area contributed by atoms with Gasteiger partial charge >= 0.3 is 6.03 Å². The van der Waals surface area contributed by atoms with Crippen LogP contribution in [0.2, 0.25) is 0 Å². The molecule has 0 saturated carbocycles. The number of benzene rings is 1. The minimum atomic E-state index is 0.0435. The zero-order valence-electron chi connectivity index (χ0n) is 19.2. The van der Waals surface area contributed by atoms with Gasteiger partial charge in [-0.25, -0.2) is 4.79 Å². The molecule has 3 atom stereocenters. The van der Waals surface area contributed by atoms with Gasteiger partial charge < -0.3 is 20.3 Å². The zero-order chi connectivity index (χ0) is 22.1. The topological polar surface area (TPSA) is 71.6 Å². The first-order chi connectivity index (χ1) is 15.0. The van der Waals surface area contributed by atoms with E-state index in [0.29, 0.717) is 12.0 Å². The van der Waals surface area contributed by atoms with Gasteiger partial charge in [0.1, 0.15) is 0 Å². The van der Waals surface area contributed by atoms with Crippen molar-refractivity contribution >= 4 is 28.7 Å². The Labute approximate surface area is 189 Å². The summed E-state index contributed by atoms with van der Waals surface area (Å²) >= 11 is 1.77. The maximum atomic E-state index is 12.8. The van der Waals surface area contributed by atoms with Crippen molar-refractivity contribution in [3.05, 3.63) is 28.8 Å². The summed E-state index contributed by atoms with van der Waals surface area (Å²) in [7, 11) is 0. The van der Waals surface area contributed by atoms with Gasteiger partial charge in [-0.15, -0.1) is 11.8 Å². The standard InChI is InChI=1S/C24H36N4O2S/c1-5-8-28-13-16(25-24(30)27(6-2)7-3)11-17-18-9-15(14-29)10-20-22(18)19(12-21(17)28)23(26-20)31-4/h9-10,16-17,21,26,29H,5-8,11-14H2,1-4H3,(H,25,30)/t16-,17+,21+/m0/s1. The Bertz CT molecular complexity index is 939. The maximum absolute atomic E-state index is 12.8. The first-order valence-corrected chi connectivity index (χ1v) is 12.9. The Kier molecular flexibility index (Phi) is 6.84. The molecule has 2 heterocycles. The third-order valence-corrected chi connectivity index (χ3v) is 7.82. The van der Waals surface area contributed by atoms with Crippen LogP contribution in [0.4, 0.5) is 4.79 Å². The van der Waals surface area contributed by atoms with E-state index in [9.17, 15) is 9.90 Å². The number of aromatic nitrogens is 1. The Morgan fingerprint density at radius 1 is 1.32 bits per heavy atom. The Hall–Kier alpha value is -1.70. The average Bonchev–Trinajstić information content (AvgIpc) is 3.13. The highest BCUT2D eigenvalue weighted by atomic mass is 32.2. The second-order valence-electron chi connectivity index (χ2n) is 8.83. The molecule has 0 radical (unpaired) electrons. The van der Waals surface area contributed by atoms with E-state index in [1.165, 1.54) is 21.5 Å². The lowest BCUT2D eigenvalue weighted by Crippen LogP contribution is -2.57. The minimum Gasteiger partial charge on any atom is -0.392 e. The summed E-state index contributed by atoms with van der Waals surface area (Å²) < 4.78 is 0. The van der Waals surface area contributed by atoms with E-state index in [1.807, 2.05) is 18.7 Å². The fourth-order valence-electron chi connectivity index (χ4n) is 5.68. The lowest BCUT2D eigenvalue weighted by molar-refractivity contribution is 0.0975. The Morgan fingerprint density at radius 2 is 2.10 bits per heavy atom. The van der Waals surface area contributed by atoms with Crippen LogP contribution < -0.4 is 5.32 Å². The fraction of sp³-hybridized carbons (Fsp3) is 0.625. The lowest BCUT2D eigenvalue weighted by Gasteiger charge is -2.47. The van der Waals surface area contributed by atoms with Crippen LogP contribution in [0.25, 0.3) is 10.9 Å². The summed E-state index contributed by atoms with van der Waals surface area (Å²) in [5.41, 5.74) is 4.86. The molecule has 2 amide bonds. The second kappa shape index (κ2) is 9.43. The van der Waals surface area contributed by atoms with Gasteiger partial charge in [0.15, 0.2) is 0 Å². The molecule has 7 heteroatoms. The van der Waals surface area contributed by atoms with E-state index in [2.05, 4.69) is 40.5 Å². The van der Waals surface area contributed by atoms with Gasteiger partial charge in [-0.1, -0.05) is 13.0 Å². The number of likely N-dealkylation sites (tertiary alicyclic amines) is 1. The van der Waals surface area contributed by atoms with Gasteiger partial charge in [0, 0.05) is 48.5 Å². The summed E-state index contributed by atoms with van der Waals surface area (Å²) in [4.78, 5) is 20.8. The van der Waals surface area contributed by atoms with Gasteiger partial charge in [0.25, 0.3) is 0 Å². The van der Waals surface area contributed by atoms with Crippen LogP contribution in [-0.2, 0) is 13.0 Å². The monoisotopic (exact) mass is 444 g/mol. The number of thioether (sulfide) groups is 1. The SMILES string of the molecule is CCCN1C[C@@H](NC(=O)N(CC)CC)C[C@@H]2c3cc(CO)cc4[nH]c(SC)c(c34)C[C@H]21. The number of H-pyrrole nitrogens is 1. The summed E-state index contributed by atoms with van der Waals surface area (Å²) in [5, 5.41) is 15.8. The highest BCUT2D eigenvalue weighted by molar-refractivity contribution is 7.98. The molecule has 4 rings (SSSR count). The molecule has 3 N–H and O–H groups in total. The predicted octanol–water partition coefficient (Wildman–Crippen LogP) is 3.93. The maximum Gasteiger partial charge on any atom is 0.317 e. The number of aliphatic hydroxyl groups is 1. The molecule has 2 aromatic rings. The highest BCUT2D eigenvalue weighted by Crippen LogP contribution is 2.46. The number of fused-ring (bicyclic) bond motifs is 2. The van der Waals surface area contributed by atoms with E-state index in [4.69, 9.17) is 0 Å². The number of carbonyl (C=O) groups excluding carboxylic acids is 1. The first-order valence-electron chi connectivity index (χ1n) is 11.7. The molecule has 1 saturated heterocycles. The van der Waals surface area contributed by atoms with Crippen molar-refractivity contribution in [3.63, 3.8) is 0 Å². The summed E-state index contributed by atoms with van der Waals surface area (Å²) in [6, 6.07) is 4.91. The van der Waals surface area contributed by atoms with Crippen LogP contribution >= 0.6 is 11.8 Å². The van der Waals surface area contributed by atoms with E-state index < -0.39 is 0 Å². The quantitative estimate of drug-likeness (QED) is 0.566. The normalized spacial score (nSPS) is 23.1. The zero-order valence-corrected chi connectivity index (χ0v) is 20.0. The number of amides is 2. The number of nitrogens with zero attached hydrogens (tertiary/aromatic N) is 2. The number of aliphatic hydroxyl groups excluding tert-OH is 1. The van der Waals surface area contributed by atoms with Crippen molar-refractivity contribution in [3.8, 4) is 0 Å². The van der Waals surface area contributed by atoms with E-state index >= 15 is 0 Å². The lowest BCUT2D eigenvalue weighted by atomic mass is 9.73. The number of rotatable bonds is 7. The number of hydrogen-bond donors (Lipinski definition) is 3. The largest absolute Gasteiger partial charge is 0.392 e. The van der Waals surface area contributed by atoms with Gasteiger partial charge in [0.05, 0.1) is 11.6 Å². The molecule has 170 valence electrons. The fourth-order valence-corrected chi connectivity index (χ4v) is 6.32. The van der Waals surface area contributed by atoms with Crippen LogP contribution in [-0.4, -0.2) is 70.4 Å². The van der Waals surface area contributed by atoms with Crippen LogP contribution in [0.3, 0.4) is 0 Å². The van der Waals surface area contributed by atoms with Crippen molar-refractivity contribution in [2.45, 2.75) is 69.7 Å². The highest BCUT2D eigenvalue weighted by Gasteiger charge is 2.42. The molecule has 6 nitrogen and oxygen atoms in total. The molecular formula is C24H36N4O2S. The van der Waals surface area contributed by atoms with E-state index in [0.717, 1.165) is 56.5 Å². The van der Waals surface area contributed by atoms with E-state index in [-0.39, 0.29) is 18.7 Å². The van der Waals surface area contributed by atoms with Crippen LogP contribution in [0.15, 0.2) is 17.2 Å². The Balaban J connectivity index is 1.72.